The van der Waals surface area contributed by atoms with E-state index in [1.165, 1.54) is 0 Å². The molecule has 0 saturated carbocycles. The van der Waals surface area contributed by atoms with Gasteiger partial charge < -0.3 is 19.0 Å². The molecule has 0 aliphatic rings. The zero-order valence-corrected chi connectivity index (χ0v) is 10.7. The average Bonchev–Trinajstić information content (AvgIpc) is 2.25. The van der Waals surface area contributed by atoms with Gasteiger partial charge in [-0.1, -0.05) is 13.8 Å². The molecule has 1 N–H and O–H groups in total. The van der Waals surface area contributed by atoms with Crippen LogP contribution in [0.25, 0.3) is 0 Å². The minimum Gasteiger partial charge on any atom is -0.382 e. The quantitative estimate of drug-likeness (QED) is 0.401. The van der Waals surface area contributed by atoms with Crippen molar-refractivity contribution in [3.05, 3.63) is 0 Å². The van der Waals surface area contributed by atoms with E-state index in [1.54, 1.807) is 7.11 Å². The molecule has 5 heteroatoms. The average molecular weight is 235 g/mol. The van der Waals surface area contributed by atoms with E-state index in [-0.39, 0.29) is 0 Å². The van der Waals surface area contributed by atoms with Crippen LogP contribution in [-0.4, -0.2) is 53.3 Å². The van der Waals surface area contributed by atoms with E-state index in [0.717, 1.165) is 6.61 Å². The van der Waals surface area contributed by atoms with E-state index in [2.05, 4.69) is 19.3 Å². The first-order valence-corrected chi connectivity index (χ1v) is 5.76. The van der Waals surface area contributed by atoms with Gasteiger partial charge in [0.25, 0.3) is 0 Å². The highest BCUT2D eigenvalue weighted by molar-refractivity contribution is 4.39. The number of hydrogen-bond acceptors (Lipinski definition) is 5. The van der Waals surface area contributed by atoms with Crippen LogP contribution < -0.4 is 5.48 Å². The fourth-order valence-electron chi connectivity index (χ4n) is 0.876. The fraction of sp³-hybridized carbons (Fsp3) is 1.00. The maximum atomic E-state index is 5.31. The summed E-state index contributed by atoms with van der Waals surface area (Å²) in [4.78, 5) is 5.18. The van der Waals surface area contributed by atoms with E-state index in [1.807, 2.05) is 0 Å². The Bertz CT molecular complexity index is 133. The molecule has 5 nitrogen and oxygen atoms in total. The Hall–Kier alpha value is -0.200. The van der Waals surface area contributed by atoms with Gasteiger partial charge in [-0.15, -0.1) is 0 Å². The molecule has 0 spiro atoms. The molecular weight excluding hydrogens is 210 g/mol. The third kappa shape index (κ3) is 13.8. The molecule has 0 atom stereocenters. The second kappa shape index (κ2) is 12.9. The van der Waals surface area contributed by atoms with Gasteiger partial charge in [-0.3, -0.25) is 0 Å². The lowest BCUT2D eigenvalue weighted by Gasteiger charge is -2.08. The zero-order chi connectivity index (χ0) is 12.1. The van der Waals surface area contributed by atoms with Crippen LogP contribution in [0.4, 0.5) is 0 Å². The van der Waals surface area contributed by atoms with Gasteiger partial charge in [0.2, 0.25) is 0 Å². The van der Waals surface area contributed by atoms with E-state index in [4.69, 9.17) is 19.0 Å². The van der Waals surface area contributed by atoms with Crippen molar-refractivity contribution in [2.75, 3.05) is 53.3 Å². The fourth-order valence-corrected chi connectivity index (χ4v) is 0.876. The van der Waals surface area contributed by atoms with Crippen molar-refractivity contribution < 1.29 is 19.0 Å². The first-order valence-electron chi connectivity index (χ1n) is 5.76. The first-order chi connectivity index (χ1) is 7.77. The third-order valence-corrected chi connectivity index (χ3v) is 1.67. The largest absolute Gasteiger partial charge is 0.382 e. The number of hydroxylamine groups is 1. The molecule has 0 aromatic rings. The molecule has 98 valence electrons. The van der Waals surface area contributed by atoms with Crippen molar-refractivity contribution in [1.29, 1.82) is 0 Å². The Morgan fingerprint density at radius 1 is 0.938 bits per heavy atom. The molecule has 0 saturated heterocycles. The van der Waals surface area contributed by atoms with Crippen molar-refractivity contribution in [2.45, 2.75) is 13.8 Å². The molecule has 16 heavy (non-hydrogen) atoms. The van der Waals surface area contributed by atoms with E-state index in [9.17, 15) is 0 Å². The molecule has 0 aliphatic heterocycles. The number of ether oxygens (including phenoxy) is 3. The lowest BCUT2D eigenvalue weighted by atomic mass is 10.2. The van der Waals surface area contributed by atoms with Gasteiger partial charge in [0.15, 0.2) is 0 Å². The molecule has 0 aromatic carbocycles. The van der Waals surface area contributed by atoms with Crippen LogP contribution in [0.1, 0.15) is 13.8 Å². The highest BCUT2D eigenvalue weighted by Gasteiger charge is 1.93. The van der Waals surface area contributed by atoms with Gasteiger partial charge in [0, 0.05) is 13.7 Å². The number of nitrogens with one attached hydrogen (secondary N) is 1. The summed E-state index contributed by atoms with van der Waals surface area (Å²) < 4.78 is 15.4. The van der Waals surface area contributed by atoms with E-state index in [0.29, 0.717) is 45.5 Å². The lowest BCUT2D eigenvalue weighted by Crippen LogP contribution is -2.23. The molecule has 0 heterocycles. The highest BCUT2D eigenvalue weighted by Crippen LogP contribution is 1.89. The zero-order valence-electron chi connectivity index (χ0n) is 10.7. The van der Waals surface area contributed by atoms with Gasteiger partial charge in [-0.2, -0.15) is 0 Å². The van der Waals surface area contributed by atoms with E-state index < -0.39 is 0 Å². The predicted octanol–water partition coefficient (Wildman–Crippen LogP) is 0.843. The Labute approximate surface area is 98.3 Å². The Morgan fingerprint density at radius 3 is 2.19 bits per heavy atom. The Morgan fingerprint density at radius 2 is 1.56 bits per heavy atom. The standard InChI is InChI=1S/C11H25NO4/c1-11(2)10-16-12-4-5-14-8-9-15-7-6-13-3/h11-12H,4-10H2,1-3H3. The molecule has 0 radical (unpaired) electrons. The summed E-state index contributed by atoms with van der Waals surface area (Å²) in [6.07, 6.45) is 0. The van der Waals surface area contributed by atoms with Crippen molar-refractivity contribution in [2.24, 2.45) is 5.92 Å². The van der Waals surface area contributed by atoms with Crippen LogP contribution in [0.15, 0.2) is 0 Å². The van der Waals surface area contributed by atoms with Gasteiger partial charge in [0.1, 0.15) is 0 Å². The molecule has 0 aliphatic carbocycles. The molecule has 0 rings (SSSR count). The summed E-state index contributed by atoms with van der Waals surface area (Å²) >= 11 is 0. The molecule has 0 fully saturated rings. The van der Waals surface area contributed by atoms with Crippen molar-refractivity contribution in [1.82, 2.24) is 5.48 Å². The normalized spacial score (nSPS) is 11.2. The second-order valence-electron chi connectivity index (χ2n) is 3.82. The monoisotopic (exact) mass is 235 g/mol. The molecule has 0 bridgehead atoms. The van der Waals surface area contributed by atoms with Gasteiger partial charge in [-0.05, 0) is 5.92 Å². The third-order valence-electron chi connectivity index (χ3n) is 1.67. The second-order valence-corrected chi connectivity index (χ2v) is 3.82. The smallest absolute Gasteiger partial charge is 0.0705 e. The first kappa shape index (κ1) is 15.8. The van der Waals surface area contributed by atoms with E-state index >= 15 is 0 Å². The topological polar surface area (TPSA) is 49.0 Å². The van der Waals surface area contributed by atoms with Crippen LogP contribution in [0.2, 0.25) is 0 Å². The van der Waals surface area contributed by atoms with Crippen LogP contribution in [-0.2, 0) is 19.0 Å². The summed E-state index contributed by atoms with van der Waals surface area (Å²) in [6, 6.07) is 0. The molecule has 0 amide bonds. The van der Waals surface area contributed by atoms with Gasteiger partial charge >= 0.3 is 0 Å². The highest BCUT2D eigenvalue weighted by atomic mass is 16.6. The number of hydrogen-bond donors (Lipinski definition) is 1. The van der Waals surface area contributed by atoms with Crippen LogP contribution in [0, 0.1) is 5.92 Å². The van der Waals surface area contributed by atoms with Crippen molar-refractivity contribution >= 4 is 0 Å². The SMILES string of the molecule is COCCOCCOCCNOCC(C)C. The van der Waals surface area contributed by atoms with Crippen molar-refractivity contribution in [3.63, 3.8) is 0 Å². The minimum absolute atomic E-state index is 0.544. The van der Waals surface area contributed by atoms with Gasteiger partial charge in [0.05, 0.1) is 39.6 Å². The molecular formula is C11H25NO4. The summed E-state index contributed by atoms with van der Waals surface area (Å²) in [5, 5.41) is 0. The summed E-state index contributed by atoms with van der Waals surface area (Å²) in [5.41, 5.74) is 2.84. The van der Waals surface area contributed by atoms with Crippen LogP contribution >= 0.6 is 0 Å². The Balaban J connectivity index is 2.88. The summed E-state index contributed by atoms with van der Waals surface area (Å²) in [6.45, 7) is 8.73. The lowest BCUT2D eigenvalue weighted by molar-refractivity contribution is -0.00643. The molecule has 0 aromatic heterocycles. The maximum absolute atomic E-state index is 5.31. The van der Waals surface area contributed by atoms with Crippen LogP contribution in [0.5, 0.6) is 0 Å². The number of methoxy groups -OCH3 is 1. The van der Waals surface area contributed by atoms with Gasteiger partial charge in [-0.25, -0.2) is 5.48 Å². The summed E-state index contributed by atoms with van der Waals surface area (Å²) in [5.74, 6) is 0.544. The summed E-state index contributed by atoms with van der Waals surface area (Å²) in [7, 11) is 1.66. The predicted molar refractivity (Wildman–Crippen MR) is 62.3 cm³/mol. The Kier molecular flexibility index (Phi) is 12.7. The van der Waals surface area contributed by atoms with Crippen LogP contribution in [0.3, 0.4) is 0 Å². The molecule has 0 unspecified atom stereocenters. The number of rotatable bonds is 12. The maximum Gasteiger partial charge on any atom is 0.0705 e. The minimum atomic E-state index is 0.544. The van der Waals surface area contributed by atoms with Crippen molar-refractivity contribution in [3.8, 4) is 0 Å².